The van der Waals surface area contributed by atoms with Crippen LogP contribution >= 0.6 is 23.2 Å². The van der Waals surface area contributed by atoms with Gasteiger partial charge in [-0.15, -0.1) is 0 Å². The Morgan fingerprint density at radius 2 is 1.93 bits per heavy atom. The molecular formula is C9H6Cl2N2O. The minimum Gasteiger partial charge on any atom is -0.308 e. The highest BCUT2D eigenvalue weighted by Crippen LogP contribution is 2.25. The van der Waals surface area contributed by atoms with E-state index in [1.807, 2.05) is 0 Å². The zero-order valence-corrected chi connectivity index (χ0v) is 8.80. The monoisotopic (exact) mass is 228 g/mol. The Balaban J connectivity index is 2.97. The van der Waals surface area contributed by atoms with Crippen LogP contribution in [0.25, 0.3) is 11.0 Å². The second-order valence-electron chi connectivity index (χ2n) is 2.91. The highest BCUT2D eigenvalue weighted by molar-refractivity contribution is 6.42. The summed E-state index contributed by atoms with van der Waals surface area (Å²) in [6.07, 6.45) is 1.26. The third kappa shape index (κ3) is 1.38. The number of hydrogen-bond donors (Lipinski definition) is 0. The van der Waals surface area contributed by atoms with E-state index in [4.69, 9.17) is 23.2 Å². The van der Waals surface area contributed by atoms with Crippen molar-refractivity contribution < 1.29 is 0 Å². The van der Waals surface area contributed by atoms with Crippen molar-refractivity contribution >= 4 is 34.2 Å². The molecule has 72 valence electrons. The summed E-state index contributed by atoms with van der Waals surface area (Å²) in [6.45, 7) is 0. The van der Waals surface area contributed by atoms with E-state index in [9.17, 15) is 4.79 Å². The van der Waals surface area contributed by atoms with Gasteiger partial charge >= 0.3 is 0 Å². The first-order chi connectivity index (χ1) is 6.59. The largest absolute Gasteiger partial charge is 0.308 e. The van der Waals surface area contributed by atoms with Crippen LogP contribution in [0.5, 0.6) is 0 Å². The molecule has 0 saturated heterocycles. The van der Waals surface area contributed by atoms with Gasteiger partial charge in [-0.05, 0) is 12.1 Å². The standard InChI is InChI=1S/C9H6Cl2N2O/c1-13-8-3-6(11)5(10)2-7(8)12-4-9(13)14/h2-4H,1H3. The number of benzene rings is 1. The van der Waals surface area contributed by atoms with Gasteiger partial charge in [0.1, 0.15) is 0 Å². The SMILES string of the molecule is Cn1c(=O)cnc2cc(Cl)c(Cl)cc21. The lowest BCUT2D eigenvalue weighted by atomic mass is 10.3. The van der Waals surface area contributed by atoms with Crippen LogP contribution in [0, 0.1) is 0 Å². The number of nitrogens with zero attached hydrogens (tertiary/aromatic N) is 2. The van der Waals surface area contributed by atoms with Crippen molar-refractivity contribution in [2.24, 2.45) is 7.05 Å². The molecule has 0 atom stereocenters. The predicted molar refractivity (Wildman–Crippen MR) is 57.0 cm³/mol. The average molecular weight is 229 g/mol. The molecule has 1 aromatic heterocycles. The van der Waals surface area contributed by atoms with Crippen LogP contribution in [0.1, 0.15) is 0 Å². The highest BCUT2D eigenvalue weighted by atomic mass is 35.5. The summed E-state index contributed by atoms with van der Waals surface area (Å²) in [5, 5.41) is 0.854. The number of rotatable bonds is 0. The lowest BCUT2D eigenvalue weighted by Gasteiger charge is -2.04. The number of aromatic nitrogens is 2. The van der Waals surface area contributed by atoms with Gasteiger partial charge in [-0.3, -0.25) is 4.79 Å². The van der Waals surface area contributed by atoms with Gasteiger partial charge in [0.25, 0.3) is 5.56 Å². The molecule has 0 amide bonds. The lowest BCUT2D eigenvalue weighted by Crippen LogP contribution is -2.16. The summed E-state index contributed by atoms with van der Waals surface area (Å²) in [4.78, 5) is 15.2. The van der Waals surface area contributed by atoms with E-state index in [2.05, 4.69) is 4.98 Å². The molecule has 0 N–H and O–H groups in total. The maximum Gasteiger partial charge on any atom is 0.269 e. The fraction of sp³-hybridized carbons (Fsp3) is 0.111. The normalized spacial score (nSPS) is 10.8. The van der Waals surface area contributed by atoms with Crippen LogP contribution in [0.3, 0.4) is 0 Å². The van der Waals surface area contributed by atoms with E-state index in [0.29, 0.717) is 21.1 Å². The van der Waals surface area contributed by atoms with Crippen LogP contribution in [0.15, 0.2) is 23.1 Å². The molecule has 2 aromatic rings. The smallest absolute Gasteiger partial charge is 0.269 e. The minimum absolute atomic E-state index is 0.170. The van der Waals surface area contributed by atoms with Crippen molar-refractivity contribution in [1.82, 2.24) is 9.55 Å². The average Bonchev–Trinajstić information content (AvgIpc) is 2.15. The Labute approximate surface area is 89.9 Å². The maximum absolute atomic E-state index is 11.3. The molecule has 0 bridgehead atoms. The highest BCUT2D eigenvalue weighted by Gasteiger charge is 2.04. The Bertz CT molecular complexity index is 562. The summed E-state index contributed by atoms with van der Waals surface area (Å²) >= 11 is 11.7. The van der Waals surface area contributed by atoms with Crippen LogP contribution in [0.4, 0.5) is 0 Å². The topological polar surface area (TPSA) is 34.9 Å². The van der Waals surface area contributed by atoms with E-state index in [1.165, 1.54) is 10.8 Å². The quantitative estimate of drug-likeness (QED) is 0.694. The van der Waals surface area contributed by atoms with Gasteiger partial charge in [-0.25, -0.2) is 4.98 Å². The molecule has 0 unspecified atom stereocenters. The van der Waals surface area contributed by atoms with Crippen LogP contribution in [-0.2, 0) is 7.05 Å². The molecule has 3 nitrogen and oxygen atoms in total. The second-order valence-corrected chi connectivity index (χ2v) is 3.72. The van der Waals surface area contributed by atoms with Crippen molar-refractivity contribution in [3.63, 3.8) is 0 Å². The minimum atomic E-state index is -0.170. The van der Waals surface area contributed by atoms with E-state index < -0.39 is 0 Å². The van der Waals surface area contributed by atoms with Crippen LogP contribution < -0.4 is 5.56 Å². The first-order valence-corrected chi connectivity index (χ1v) is 4.66. The van der Waals surface area contributed by atoms with Crippen LogP contribution in [-0.4, -0.2) is 9.55 Å². The molecule has 0 saturated carbocycles. The van der Waals surface area contributed by atoms with Gasteiger partial charge in [0.2, 0.25) is 0 Å². The van der Waals surface area contributed by atoms with Crippen molar-refractivity contribution in [3.05, 3.63) is 38.7 Å². The van der Waals surface area contributed by atoms with Gasteiger partial charge in [0.05, 0.1) is 27.3 Å². The van der Waals surface area contributed by atoms with Gasteiger partial charge in [0, 0.05) is 7.05 Å². The Morgan fingerprint density at radius 1 is 1.29 bits per heavy atom. The zero-order valence-electron chi connectivity index (χ0n) is 7.29. The van der Waals surface area contributed by atoms with E-state index in [-0.39, 0.29) is 5.56 Å². The Morgan fingerprint density at radius 3 is 2.64 bits per heavy atom. The molecule has 2 rings (SSSR count). The molecule has 0 spiro atoms. The molecule has 0 radical (unpaired) electrons. The van der Waals surface area contributed by atoms with Gasteiger partial charge in [0.15, 0.2) is 0 Å². The van der Waals surface area contributed by atoms with Gasteiger partial charge < -0.3 is 4.57 Å². The molecule has 0 aliphatic rings. The fourth-order valence-electron chi connectivity index (χ4n) is 1.23. The number of fused-ring (bicyclic) bond motifs is 1. The van der Waals surface area contributed by atoms with E-state index >= 15 is 0 Å². The zero-order chi connectivity index (χ0) is 10.3. The molecule has 5 heteroatoms. The lowest BCUT2D eigenvalue weighted by molar-refractivity contribution is 0.892. The second kappa shape index (κ2) is 3.26. The number of hydrogen-bond acceptors (Lipinski definition) is 2. The van der Waals surface area contributed by atoms with E-state index in [1.54, 1.807) is 19.2 Å². The van der Waals surface area contributed by atoms with Crippen molar-refractivity contribution in [3.8, 4) is 0 Å². The molecular weight excluding hydrogens is 223 g/mol. The van der Waals surface area contributed by atoms with Crippen LogP contribution in [0.2, 0.25) is 10.0 Å². The first kappa shape index (κ1) is 9.49. The third-order valence-corrected chi connectivity index (χ3v) is 2.75. The summed E-state index contributed by atoms with van der Waals surface area (Å²) in [6, 6.07) is 3.27. The molecule has 0 aliphatic heterocycles. The molecule has 0 aliphatic carbocycles. The van der Waals surface area contributed by atoms with E-state index in [0.717, 1.165) is 0 Å². The fourth-order valence-corrected chi connectivity index (χ4v) is 1.54. The third-order valence-electron chi connectivity index (χ3n) is 2.02. The Hall–Kier alpha value is -1.06. The summed E-state index contributed by atoms with van der Waals surface area (Å²) in [5.41, 5.74) is 1.16. The molecule has 0 fully saturated rings. The summed E-state index contributed by atoms with van der Waals surface area (Å²) in [7, 11) is 1.66. The van der Waals surface area contributed by atoms with Crippen molar-refractivity contribution in [2.45, 2.75) is 0 Å². The Kier molecular flexibility index (Phi) is 2.21. The van der Waals surface area contributed by atoms with Crippen molar-refractivity contribution in [2.75, 3.05) is 0 Å². The van der Waals surface area contributed by atoms with Gasteiger partial charge in [-0.2, -0.15) is 0 Å². The maximum atomic E-state index is 11.3. The number of aryl methyl sites for hydroxylation is 1. The van der Waals surface area contributed by atoms with Crippen molar-refractivity contribution in [1.29, 1.82) is 0 Å². The summed E-state index contributed by atoms with van der Waals surface area (Å²) < 4.78 is 1.48. The number of halogens is 2. The molecule has 1 heterocycles. The molecule has 1 aromatic carbocycles. The summed E-state index contributed by atoms with van der Waals surface area (Å²) in [5.74, 6) is 0. The first-order valence-electron chi connectivity index (χ1n) is 3.90. The predicted octanol–water partition coefficient (Wildman–Crippen LogP) is 2.24. The molecule has 14 heavy (non-hydrogen) atoms. The van der Waals surface area contributed by atoms with Gasteiger partial charge in [-0.1, -0.05) is 23.2 Å².